The molecule has 0 atom stereocenters. The summed E-state index contributed by atoms with van der Waals surface area (Å²) in [6.07, 6.45) is 4.18. The SMILES string of the molecule is C=C(C)C1CCC(O)CC1. The van der Waals surface area contributed by atoms with E-state index in [1.165, 1.54) is 5.57 Å². The van der Waals surface area contributed by atoms with Crippen molar-refractivity contribution in [2.24, 2.45) is 5.92 Å². The molecule has 0 heterocycles. The number of rotatable bonds is 1. The first-order chi connectivity index (χ1) is 4.70. The van der Waals surface area contributed by atoms with Gasteiger partial charge in [0.25, 0.3) is 0 Å². The lowest BCUT2D eigenvalue weighted by Gasteiger charge is -2.25. The summed E-state index contributed by atoms with van der Waals surface area (Å²) in [6.45, 7) is 6.01. The zero-order valence-electron chi connectivity index (χ0n) is 6.64. The van der Waals surface area contributed by atoms with Gasteiger partial charge in [0.2, 0.25) is 0 Å². The minimum Gasteiger partial charge on any atom is -0.393 e. The zero-order chi connectivity index (χ0) is 7.56. The molecule has 1 aliphatic rings. The predicted molar refractivity (Wildman–Crippen MR) is 42.8 cm³/mol. The van der Waals surface area contributed by atoms with E-state index < -0.39 is 0 Å². The van der Waals surface area contributed by atoms with Crippen molar-refractivity contribution in [3.8, 4) is 0 Å². The van der Waals surface area contributed by atoms with Crippen LogP contribution in [0.2, 0.25) is 0 Å². The second-order valence-corrected chi connectivity index (χ2v) is 3.35. The van der Waals surface area contributed by atoms with Gasteiger partial charge in [0.1, 0.15) is 0 Å². The van der Waals surface area contributed by atoms with Gasteiger partial charge < -0.3 is 5.11 Å². The third-order valence-corrected chi connectivity index (χ3v) is 2.39. The number of aliphatic hydroxyl groups excluding tert-OH is 1. The second kappa shape index (κ2) is 3.20. The fourth-order valence-electron chi connectivity index (χ4n) is 1.57. The van der Waals surface area contributed by atoms with E-state index in [2.05, 4.69) is 13.5 Å². The number of hydrogen-bond acceptors (Lipinski definition) is 1. The summed E-state index contributed by atoms with van der Waals surface area (Å²) in [6, 6.07) is 0. The molecule has 1 heteroatoms. The van der Waals surface area contributed by atoms with Crippen LogP contribution in [0.1, 0.15) is 32.6 Å². The van der Waals surface area contributed by atoms with E-state index in [4.69, 9.17) is 0 Å². The smallest absolute Gasteiger partial charge is 0.0540 e. The van der Waals surface area contributed by atoms with Gasteiger partial charge in [0, 0.05) is 0 Å². The van der Waals surface area contributed by atoms with Crippen LogP contribution in [0, 0.1) is 5.92 Å². The van der Waals surface area contributed by atoms with Crippen LogP contribution in [-0.2, 0) is 0 Å². The normalized spacial score (nSPS) is 33.8. The minimum absolute atomic E-state index is 0.0319. The van der Waals surface area contributed by atoms with Crippen LogP contribution >= 0.6 is 0 Å². The molecule has 1 nitrogen and oxygen atoms in total. The van der Waals surface area contributed by atoms with Crippen molar-refractivity contribution in [1.29, 1.82) is 0 Å². The maximum Gasteiger partial charge on any atom is 0.0540 e. The largest absolute Gasteiger partial charge is 0.393 e. The van der Waals surface area contributed by atoms with Crippen molar-refractivity contribution in [3.63, 3.8) is 0 Å². The third-order valence-electron chi connectivity index (χ3n) is 2.39. The van der Waals surface area contributed by atoms with Gasteiger partial charge in [0.15, 0.2) is 0 Å². The summed E-state index contributed by atoms with van der Waals surface area (Å²) in [5.74, 6) is 0.684. The highest BCUT2D eigenvalue weighted by Gasteiger charge is 2.18. The summed E-state index contributed by atoms with van der Waals surface area (Å²) in [5.41, 5.74) is 1.28. The van der Waals surface area contributed by atoms with Gasteiger partial charge >= 0.3 is 0 Å². The first-order valence-electron chi connectivity index (χ1n) is 4.03. The summed E-state index contributed by atoms with van der Waals surface area (Å²) in [4.78, 5) is 0. The van der Waals surface area contributed by atoms with E-state index in [-0.39, 0.29) is 6.10 Å². The molecular formula is C9H16O. The van der Waals surface area contributed by atoms with Gasteiger partial charge in [-0.2, -0.15) is 0 Å². The highest BCUT2D eigenvalue weighted by Crippen LogP contribution is 2.28. The van der Waals surface area contributed by atoms with E-state index >= 15 is 0 Å². The van der Waals surface area contributed by atoms with Crippen LogP contribution in [0.25, 0.3) is 0 Å². The second-order valence-electron chi connectivity index (χ2n) is 3.35. The first kappa shape index (κ1) is 7.80. The molecule has 0 aromatic carbocycles. The van der Waals surface area contributed by atoms with Crippen LogP contribution in [0.3, 0.4) is 0 Å². The van der Waals surface area contributed by atoms with Gasteiger partial charge in [-0.25, -0.2) is 0 Å². The highest BCUT2D eigenvalue weighted by molar-refractivity contribution is 4.97. The third kappa shape index (κ3) is 1.84. The zero-order valence-corrected chi connectivity index (χ0v) is 6.64. The minimum atomic E-state index is -0.0319. The van der Waals surface area contributed by atoms with Crippen molar-refractivity contribution in [2.45, 2.75) is 38.7 Å². The number of hydrogen-bond donors (Lipinski definition) is 1. The Kier molecular flexibility index (Phi) is 2.50. The van der Waals surface area contributed by atoms with Gasteiger partial charge in [-0.3, -0.25) is 0 Å². The Morgan fingerprint density at radius 2 is 1.80 bits per heavy atom. The molecule has 0 radical (unpaired) electrons. The fourth-order valence-corrected chi connectivity index (χ4v) is 1.57. The molecule has 1 N–H and O–H groups in total. The Hall–Kier alpha value is -0.300. The summed E-state index contributed by atoms with van der Waals surface area (Å²) < 4.78 is 0. The molecule has 1 fully saturated rings. The van der Waals surface area contributed by atoms with Crippen LogP contribution in [0.5, 0.6) is 0 Å². The van der Waals surface area contributed by atoms with E-state index in [1.807, 2.05) is 0 Å². The molecule has 58 valence electrons. The lowest BCUT2D eigenvalue weighted by Crippen LogP contribution is -2.18. The van der Waals surface area contributed by atoms with E-state index in [9.17, 15) is 5.11 Å². The maximum absolute atomic E-state index is 9.18. The average Bonchev–Trinajstić information content (AvgIpc) is 1.88. The Labute approximate surface area is 62.8 Å². The lowest BCUT2D eigenvalue weighted by molar-refractivity contribution is 0.116. The van der Waals surface area contributed by atoms with Gasteiger partial charge in [-0.05, 0) is 38.5 Å². The van der Waals surface area contributed by atoms with Crippen molar-refractivity contribution in [1.82, 2.24) is 0 Å². The van der Waals surface area contributed by atoms with Crippen LogP contribution in [0.15, 0.2) is 12.2 Å². The standard InChI is InChI=1S/C9H16O/c1-7(2)8-3-5-9(10)6-4-8/h8-10H,1,3-6H2,2H3. The highest BCUT2D eigenvalue weighted by atomic mass is 16.3. The van der Waals surface area contributed by atoms with Crippen LogP contribution < -0.4 is 0 Å². The molecule has 10 heavy (non-hydrogen) atoms. The van der Waals surface area contributed by atoms with Gasteiger partial charge in [0.05, 0.1) is 6.10 Å². The molecule has 0 aromatic rings. The maximum atomic E-state index is 9.18. The molecule has 0 aromatic heterocycles. The molecule has 0 unspecified atom stereocenters. The van der Waals surface area contributed by atoms with Gasteiger partial charge in [-0.1, -0.05) is 12.2 Å². The summed E-state index contributed by atoms with van der Waals surface area (Å²) in [5, 5.41) is 9.18. The number of aliphatic hydroxyl groups is 1. The fraction of sp³-hybridized carbons (Fsp3) is 0.778. The van der Waals surface area contributed by atoms with Crippen LogP contribution in [0.4, 0.5) is 0 Å². The number of allylic oxidation sites excluding steroid dienone is 1. The Morgan fingerprint density at radius 3 is 2.20 bits per heavy atom. The predicted octanol–water partition coefficient (Wildman–Crippen LogP) is 2.11. The van der Waals surface area contributed by atoms with Crippen molar-refractivity contribution in [3.05, 3.63) is 12.2 Å². The quantitative estimate of drug-likeness (QED) is 0.553. The van der Waals surface area contributed by atoms with Gasteiger partial charge in [-0.15, -0.1) is 0 Å². The van der Waals surface area contributed by atoms with Crippen molar-refractivity contribution in [2.75, 3.05) is 0 Å². The van der Waals surface area contributed by atoms with Crippen LogP contribution in [-0.4, -0.2) is 11.2 Å². The monoisotopic (exact) mass is 140 g/mol. The molecule has 0 saturated heterocycles. The molecule has 1 saturated carbocycles. The van der Waals surface area contributed by atoms with E-state index in [0.717, 1.165) is 25.7 Å². The molecular weight excluding hydrogens is 124 g/mol. The Bertz CT molecular complexity index is 121. The molecule has 1 aliphatic carbocycles. The Balaban J connectivity index is 2.33. The van der Waals surface area contributed by atoms with E-state index in [1.54, 1.807) is 0 Å². The summed E-state index contributed by atoms with van der Waals surface area (Å²) >= 11 is 0. The first-order valence-corrected chi connectivity index (χ1v) is 4.03. The van der Waals surface area contributed by atoms with Crippen molar-refractivity contribution >= 4 is 0 Å². The molecule has 0 spiro atoms. The molecule has 0 amide bonds. The van der Waals surface area contributed by atoms with Crippen molar-refractivity contribution < 1.29 is 5.11 Å². The average molecular weight is 140 g/mol. The molecule has 0 aliphatic heterocycles. The Morgan fingerprint density at radius 1 is 1.30 bits per heavy atom. The molecule has 0 bridgehead atoms. The molecule has 1 rings (SSSR count). The van der Waals surface area contributed by atoms with E-state index in [0.29, 0.717) is 5.92 Å². The summed E-state index contributed by atoms with van der Waals surface area (Å²) in [7, 11) is 0. The lowest BCUT2D eigenvalue weighted by atomic mass is 9.84. The topological polar surface area (TPSA) is 20.2 Å².